The van der Waals surface area contributed by atoms with E-state index in [9.17, 15) is 27.0 Å². The number of ether oxygens (including phenoxy) is 2. The van der Waals surface area contributed by atoms with Crippen molar-refractivity contribution in [2.45, 2.75) is 81.0 Å². The van der Waals surface area contributed by atoms with Gasteiger partial charge in [0.2, 0.25) is 0 Å². The lowest BCUT2D eigenvalue weighted by atomic mass is 9.68. The number of anilines is 1. The van der Waals surface area contributed by atoms with Crippen LogP contribution in [0.1, 0.15) is 72.9 Å². The molecule has 0 unspecified atom stereocenters. The molecule has 3 aliphatic carbocycles. The third-order valence-corrected chi connectivity index (χ3v) is 13.2. The van der Waals surface area contributed by atoms with Gasteiger partial charge in [0.05, 0.1) is 24.2 Å². The topological polar surface area (TPSA) is 109 Å². The number of nitrogens with one attached hydrogen (secondary N) is 2. The predicted molar refractivity (Wildman–Crippen MR) is 185 cm³/mol. The van der Waals surface area contributed by atoms with Gasteiger partial charge in [-0.25, -0.2) is 9.00 Å². The second-order valence-electron chi connectivity index (χ2n) is 14.4. The number of hydrogen-bond acceptors (Lipinski definition) is 6. The lowest BCUT2D eigenvalue weighted by molar-refractivity contribution is -0.162. The number of fused-ring (bicyclic) bond motifs is 4. The summed E-state index contributed by atoms with van der Waals surface area (Å²) in [4.78, 5) is 28.8. The van der Waals surface area contributed by atoms with Crippen LogP contribution >= 0.6 is 11.6 Å². The number of nitrogens with zero attached hydrogens (tertiary/aromatic N) is 2. The second-order valence-corrected chi connectivity index (χ2v) is 16.9. The van der Waals surface area contributed by atoms with Crippen LogP contribution in [0.4, 0.5) is 23.7 Å². The number of amides is 3. The predicted octanol–water partition coefficient (Wildman–Crippen LogP) is 7.12. The highest BCUT2D eigenvalue weighted by Crippen LogP contribution is 2.49. The van der Waals surface area contributed by atoms with Crippen molar-refractivity contribution >= 4 is 39.1 Å². The summed E-state index contributed by atoms with van der Waals surface area (Å²) >= 11 is 6.41. The molecule has 50 heavy (non-hydrogen) atoms. The van der Waals surface area contributed by atoms with Crippen molar-refractivity contribution in [3.05, 3.63) is 70.3 Å². The summed E-state index contributed by atoms with van der Waals surface area (Å²) in [6.07, 6.45) is 4.15. The maximum absolute atomic E-state index is 14.1. The molecular formula is C36H42ClF3N4O5S. The van der Waals surface area contributed by atoms with Gasteiger partial charge in [-0.15, -0.1) is 4.36 Å². The fraction of sp³-hybridized carbons (Fsp3) is 0.556. The Morgan fingerprint density at radius 3 is 2.68 bits per heavy atom. The smallest absolute Gasteiger partial charge is 0.411 e. The van der Waals surface area contributed by atoms with Crippen LogP contribution < -0.4 is 19.7 Å². The molecule has 0 aromatic heterocycles. The van der Waals surface area contributed by atoms with Gasteiger partial charge >= 0.3 is 12.2 Å². The quantitative estimate of drug-likeness (QED) is 0.325. The highest BCUT2D eigenvalue weighted by atomic mass is 35.5. The minimum absolute atomic E-state index is 0.139. The normalized spacial score (nSPS) is 31.1. The number of methoxy groups -OCH3 is 1. The maximum Gasteiger partial charge on any atom is 0.411 e. The molecule has 2 aromatic rings. The largest absolute Gasteiger partial charge is 0.490 e. The van der Waals surface area contributed by atoms with Crippen LogP contribution in [0, 0.1) is 11.8 Å². The Morgan fingerprint density at radius 2 is 1.96 bits per heavy atom. The van der Waals surface area contributed by atoms with Crippen LogP contribution in [0.5, 0.6) is 5.75 Å². The Kier molecular flexibility index (Phi) is 9.38. The van der Waals surface area contributed by atoms with Crippen molar-refractivity contribution in [2.24, 2.45) is 16.2 Å². The number of carbonyl (C=O) groups excluding carboxylic acids is 2. The average Bonchev–Trinajstić information content (AvgIpc) is 3.86. The standard InChI is InChI=1S/C36H42ClF3N4O5S/c1-48-30-7-3-2-4-17-50(47,43-33(46)41-35(15-16-35)36(38,39)40)42-32(45)24-9-13-31-29(19-24)44(20-25-8-11-27(25)30)21-34(22-49-31)14-5-6-23-18-26(37)10-12-28(23)34/h3,7,9-10,12-13,18-19,25,27,30H,2,4-6,8,11,14-17,20-22H2,1H3,(H2,41,42,43,45,46,47)/b7-3+/t25-,27+,30-,34-,50-/m0/s1. The molecule has 0 saturated heterocycles. The minimum atomic E-state index is -4.66. The molecule has 1 spiro atoms. The van der Waals surface area contributed by atoms with Gasteiger partial charge in [-0.3, -0.25) is 9.52 Å². The van der Waals surface area contributed by atoms with Crippen molar-refractivity contribution in [2.75, 3.05) is 37.5 Å². The molecule has 7 rings (SSSR count). The van der Waals surface area contributed by atoms with Crippen molar-refractivity contribution in [1.82, 2.24) is 10.0 Å². The Hall–Kier alpha value is -3.29. The Balaban J connectivity index is 1.26. The lowest BCUT2D eigenvalue weighted by Gasteiger charge is -2.46. The highest BCUT2D eigenvalue weighted by Gasteiger charge is 2.64. The van der Waals surface area contributed by atoms with Crippen LogP contribution in [0.15, 0.2) is 52.9 Å². The van der Waals surface area contributed by atoms with E-state index in [1.54, 1.807) is 25.3 Å². The van der Waals surface area contributed by atoms with E-state index in [0.29, 0.717) is 48.5 Å². The second kappa shape index (κ2) is 13.4. The average molecular weight is 735 g/mol. The molecule has 9 nitrogen and oxygen atoms in total. The van der Waals surface area contributed by atoms with Crippen LogP contribution in [0.3, 0.4) is 0 Å². The molecule has 5 aliphatic rings. The molecule has 2 aliphatic heterocycles. The summed E-state index contributed by atoms with van der Waals surface area (Å²) in [6.45, 7) is 1.78. The fourth-order valence-electron chi connectivity index (χ4n) is 8.11. The molecule has 2 N–H and O–H groups in total. The van der Waals surface area contributed by atoms with E-state index in [-0.39, 0.29) is 48.0 Å². The van der Waals surface area contributed by atoms with Gasteiger partial charge in [0, 0.05) is 36.2 Å². The number of carbonyl (C=O) groups is 2. The van der Waals surface area contributed by atoms with Crippen molar-refractivity contribution in [1.29, 1.82) is 0 Å². The molecular weight excluding hydrogens is 693 g/mol. The summed E-state index contributed by atoms with van der Waals surface area (Å²) in [5.41, 5.74) is 0.583. The summed E-state index contributed by atoms with van der Waals surface area (Å²) < 4.78 is 73.4. The first-order chi connectivity index (χ1) is 23.8. The first kappa shape index (κ1) is 35.1. The molecule has 14 heteroatoms. The van der Waals surface area contributed by atoms with Crippen LogP contribution in [0.25, 0.3) is 0 Å². The van der Waals surface area contributed by atoms with Crippen molar-refractivity contribution in [3.63, 3.8) is 0 Å². The maximum atomic E-state index is 14.1. The van der Waals surface area contributed by atoms with Crippen LogP contribution in [-0.2, 0) is 26.5 Å². The zero-order valence-corrected chi connectivity index (χ0v) is 29.5. The molecule has 2 fully saturated rings. The molecule has 5 atom stereocenters. The van der Waals surface area contributed by atoms with E-state index >= 15 is 0 Å². The SMILES string of the molecule is CO[C@H]1/C=C/CCC[S@@](=O)(NC(=O)NC2(C(F)(F)F)CC2)=NC(=O)c2ccc3c(c2)N(C[C@@H]2CC[C@H]21)C[C@@]1(CCCc2cc(Cl)ccc21)CO3. The monoisotopic (exact) mass is 734 g/mol. The zero-order valence-electron chi connectivity index (χ0n) is 27.9. The first-order valence-corrected chi connectivity index (χ1v) is 19.3. The first-order valence-electron chi connectivity index (χ1n) is 17.3. The lowest BCUT2D eigenvalue weighted by Crippen LogP contribution is -2.52. The molecule has 0 radical (unpaired) electrons. The van der Waals surface area contributed by atoms with Gasteiger partial charge in [0.25, 0.3) is 5.91 Å². The van der Waals surface area contributed by atoms with Crippen LogP contribution in [-0.4, -0.2) is 66.5 Å². The van der Waals surface area contributed by atoms with Crippen molar-refractivity contribution in [3.8, 4) is 5.75 Å². The Bertz CT molecular complexity index is 1820. The molecule has 2 bridgehead atoms. The number of aryl methyl sites for hydroxylation is 1. The number of halogens is 4. The third-order valence-electron chi connectivity index (χ3n) is 11.2. The third kappa shape index (κ3) is 6.85. The fourth-order valence-corrected chi connectivity index (χ4v) is 9.81. The number of alkyl halides is 3. The number of rotatable bonds is 3. The highest BCUT2D eigenvalue weighted by molar-refractivity contribution is 7.92. The molecule has 2 heterocycles. The summed E-state index contributed by atoms with van der Waals surface area (Å²) in [5, 5.41) is 2.63. The summed E-state index contributed by atoms with van der Waals surface area (Å²) in [6, 6.07) is 9.77. The van der Waals surface area contributed by atoms with Crippen molar-refractivity contribution < 1.29 is 36.4 Å². The van der Waals surface area contributed by atoms with Gasteiger partial charge in [0.1, 0.15) is 21.2 Å². The van der Waals surface area contributed by atoms with E-state index in [2.05, 4.69) is 20.1 Å². The minimum Gasteiger partial charge on any atom is -0.490 e. The number of benzene rings is 2. The number of allylic oxidation sites excluding steroid dienone is 1. The van der Waals surface area contributed by atoms with Gasteiger partial charge in [-0.05, 0) is 111 Å². The van der Waals surface area contributed by atoms with Gasteiger partial charge < -0.3 is 19.7 Å². The van der Waals surface area contributed by atoms with Gasteiger partial charge in [0.15, 0.2) is 0 Å². The molecule has 2 saturated carbocycles. The molecule has 2 aromatic carbocycles. The summed E-state index contributed by atoms with van der Waals surface area (Å²) in [7, 11) is -2.12. The Morgan fingerprint density at radius 1 is 1.14 bits per heavy atom. The molecule has 270 valence electrons. The number of urea groups is 1. The van der Waals surface area contributed by atoms with E-state index in [1.165, 1.54) is 11.1 Å². The Labute approximate surface area is 295 Å². The van der Waals surface area contributed by atoms with E-state index < -0.39 is 33.6 Å². The zero-order chi connectivity index (χ0) is 35.3. The van der Waals surface area contributed by atoms with E-state index in [0.717, 1.165) is 32.1 Å². The van der Waals surface area contributed by atoms with E-state index in [1.807, 2.05) is 29.6 Å². The van der Waals surface area contributed by atoms with Gasteiger partial charge in [-0.1, -0.05) is 29.8 Å². The van der Waals surface area contributed by atoms with Gasteiger partial charge in [-0.2, -0.15) is 13.2 Å². The number of hydrogen-bond donors (Lipinski definition) is 2. The molecule has 3 amide bonds. The van der Waals surface area contributed by atoms with E-state index in [4.69, 9.17) is 21.1 Å². The summed E-state index contributed by atoms with van der Waals surface area (Å²) in [5.74, 6) is 0.134. The van der Waals surface area contributed by atoms with Crippen LogP contribution in [0.2, 0.25) is 5.02 Å².